The topological polar surface area (TPSA) is 102 Å². The number of benzene rings is 2. The number of carbonyl (C=O) groups excluding carboxylic acids is 1. The lowest BCUT2D eigenvalue weighted by molar-refractivity contribution is -0.192. The first-order valence-electron chi connectivity index (χ1n) is 14.1. The van der Waals surface area contributed by atoms with Gasteiger partial charge in [0.05, 0.1) is 17.1 Å². The maximum Gasteiger partial charge on any atom is 0.490 e. The van der Waals surface area contributed by atoms with E-state index in [1.807, 2.05) is 20.8 Å². The van der Waals surface area contributed by atoms with Gasteiger partial charge in [-0.3, -0.25) is 4.79 Å². The number of nitrogens with zero attached hydrogens (tertiary/aromatic N) is 1. The molecule has 0 bridgehead atoms. The van der Waals surface area contributed by atoms with Crippen LogP contribution in [0.2, 0.25) is 10.0 Å². The standard InChI is InChI=1S/C29H33Cl2F2N3O.C2HF3O2/c1-28(2,3)15-23-29(16-34,20-13-12-17(30)14-22(20)32)24(19-10-7-11-21(31)25(19)33)26(36-23)27(37)35-18-8-5-4-6-9-18;3-2(4,5)1(6)7/h7,10-14,18,23-24,26,36H,4-6,8-9,15H2,1-3H3,(H,35,37);(H,6,7)/t23-,24-,26+,29-;/m0./s1. The Labute approximate surface area is 262 Å². The number of carbonyl (C=O) groups is 2. The highest BCUT2D eigenvalue weighted by molar-refractivity contribution is 6.31. The zero-order valence-corrected chi connectivity index (χ0v) is 25.9. The highest BCUT2D eigenvalue weighted by Gasteiger charge is 2.61. The van der Waals surface area contributed by atoms with Crippen molar-refractivity contribution in [2.45, 2.75) is 94.9 Å². The van der Waals surface area contributed by atoms with Gasteiger partial charge in [-0.05, 0) is 48.4 Å². The van der Waals surface area contributed by atoms with Crippen LogP contribution in [0.4, 0.5) is 22.0 Å². The van der Waals surface area contributed by atoms with Crippen LogP contribution in [0.15, 0.2) is 36.4 Å². The number of carboxylic acid groups (broad SMARTS) is 1. The van der Waals surface area contributed by atoms with Crippen LogP contribution in [0.5, 0.6) is 0 Å². The van der Waals surface area contributed by atoms with Crippen LogP contribution >= 0.6 is 23.2 Å². The quantitative estimate of drug-likeness (QED) is 0.285. The van der Waals surface area contributed by atoms with E-state index in [1.165, 1.54) is 24.3 Å². The number of amides is 1. The minimum atomic E-state index is -5.08. The molecular formula is C31H34Cl2F5N3O3. The fourth-order valence-electron chi connectivity index (χ4n) is 6.09. The average Bonchev–Trinajstić information content (AvgIpc) is 3.23. The van der Waals surface area contributed by atoms with Gasteiger partial charge in [-0.1, -0.05) is 81.4 Å². The number of nitrogens with one attached hydrogen (secondary N) is 2. The van der Waals surface area contributed by atoms with E-state index in [-0.39, 0.29) is 38.5 Å². The number of halogens is 7. The molecule has 1 aliphatic carbocycles. The molecule has 6 nitrogen and oxygen atoms in total. The van der Waals surface area contributed by atoms with Crippen molar-refractivity contribution in [2.75, 3.05) is 0 Å². The van der Waals surface area contributed by atoms with Gasteiger partial charge < -0.3 is 15.7 Å². The van der Waals surface area contributed by atoms with Crippen LogP contribution in [0.25, 0.3) is 0 Å². The molecule has 2 aromatic rings. The summed E-state index contributed by atoms with van der Waals surface area (Å²) in [5.74, 6) is -5.50. The molecule has 2 fully saturated rings. The van der Waals surface area contributed by atoms with E-state index in [0.29, 0.717) is 6.42 Å². The Morgan fingerprint density at radius 1 is 1.09 bits per heavy atom. The van der Waals surface area contributed by atoms with Crippen LogP contribution in [-0.2, 0) is 15.0 Å². The van der Waals surface area contributed by atoms with E-state index in [0.717, 1.165) is 38.2 Å². The molecule has 2 aliphatic rings. The van der Waals surface area contributed by atoms with Gasteiger partial charge in [-0.2, -0.15) is 18.4 Å². The lowest BCUT2D eigenvalue weighted by atomic mass is 9.62. The summed E-state index contributed by atoms with van der Waals surface area (Å²) in [6.07, 6.45) is 0.283. The lowest BCUT2D eigenvalue weighted by Gasteiger charge is -2.37. The zero-order chi connectivity index (χ0) is 33.0. The molecule has 13 heteroatoms. The van der Waals surface area contributed by atoms with Gasteiger partial charge in [0.2, 0.25) is 5.91 Å². The van der Waals surface area contributed by atoms with Gasteiger partial charge in [-0.15, -0.1) is 0 Å². The van der Waals surface area contributed by atoms with E-state index < -0.39 is 47.2 Å². The number of rotatable bonds is 5. The van der Waals surface area contributed by atoms with Crippen molar-refractivity contribution in [3.63, 3.8) is 0 Å². The van der Waals surface area contributed by atoms with Crippen molar-refractivity contribution in [3.8, 4) is 6.07 Å². The first kappa shape index (κ1) is 35.5. The van der Waals surface area contributed by atoms with Crippen LogP contribution in [0.3, 0.4) is 0 Å². The second-order valence-electron chi connectivity index (χ2n) is 12.3. The molecule has 0 spiro atoms. The van der Waals surface area contributed by atoms with Crippen molar-refractivity contribution in [1.82, 2.24) is 10.6 Å². The molecule has 4 rings (SSSR count). The molecule has 2 aromatic carbocycles. The summed E-state index contributed by atoms with van der Waals surface area (Å²) >= 11 is 12.2. The minimum Gasteiger partial charge on any atom is -0.475 e. The Morgan fingerprint density at radius 2 is 1.70 bits per heavy atom. The van der Waals surface area contributed by atoms with Crippen molar-refractivity contribution >= 4 is 35.1 Å². The van der Waals surface area contributed by atoms with Gasteiger partial charge >= 0.3 is 12.1 Å². The first-order valence-corrected chi connectivity index (χ1v) is 14.8. The Bertz CT molecular complexity index is 1400. The molecule has 240 valence electrons. The van der Waals surface area contributed by atoms with Gasteiger partial charge in [0.15, 0.2) is 0 Å². The molecule has 44 heavy (non-hydrogen) atoms. The summed E-state index contributed by atoms with van der Waals surface area (Å²) in [7, 11) is 0. The van der Waals surface area contributed by atoms with Crippen LogP contribution in [0.1, 0.15) is 76.3 Å². The third kappa shape index (κ3) is 8.01. The third-order valence-corrected chi connectivity index (χ3v) is 8.45. The highest BCUT2D eigenvalue weighted by atomic mass is 35.5. The molecule has 0 radical (unpaired) electrons. The van der Waals surface area contributed by atoms with E-state index in [2.05, 4.69) is 16.7 Å². The molecule has 4 atom stereocenters. The van der Waals surface area contributed by atoms with Gasteiger partial charge in [0, 0.05) is 28.6 Å². The molecule has 1 heterocycles. The van der Waals surface area contributed by atoms with E-state index in [4.69, 9.17) is 33.1 Å². The second kappa shape index (κ2) is 14.0. The Balaban J connectivity index is 0.000000676. The number of nitriles is 1. The van der Waals surface area contributed by atoms with Gasteiger partial charge in [0.1, 0.15) is 17.0 Å². The predicted molar refractivity (Wildman–Crippen MR) is 156 cm³/mol. The number of aliphatic carboxylic acids is 1. The number of hydrogen-bond acceptors (Lipinski definition) is 4. The first-order chi connectivity index (χ1) is 20.4. The van der Waals surface area contributed by atoms with Crippen molar-refractivity contribution in [2.24, 2.45) is 5.41 Å². The van der Waals surface area contributed by atoms with Crippen LogP contribution < -0.4 is 10.6 Å². The van der Waals surface area contributed by atoms with Gasteiger partial charge in [0.25, 0.3) is 0 Å². The Hall–Kier alpha value is -2.94. The number of carboxylic acids is 1. The fraction of sp³-hybridized carbons (Fsp3) is 0.516. The van der Waals surface area contributed by atoms with Crippen molar-refractivity contribution in [3.05, 3.63) is 69.2 Å². The largest absolute Gasteiger partial charge is 0.490 e. The molecule has 1 aliphatic heterocycles. The zero-order valence-electron chi connectivity index (χ0n) is 24.4. The molecule has 0 unspecified atom stereocenters. The normalized spacial score (nSPS) is 24.2. The van der Waals surface area contributed by atoms with Crippen molar-refractivity contribution in [1.29, 1.82) is 5.26 Å². The highest BCUT2D eigenvalue weighted by Crippen LogP contribution is 2.52. The van der Waals surface area contributed by atoms with Gasteiger partial charge in [-0.25, -0.2) is 13.6 Å². The lowest BCUT2D eigenvalue weighted by Crippen LogP contribution is -2.49. The molecule has 1 amide bonds. The van der Waals surface area contributed by atoms with E-state index in [9.17, 15) is 23.2 Å². The molecular weight excluding hydrogens is 628 g/mol. The maximum absolute atomic E-state index is 15.7. The molecule has 1 saturated heterocycles. The van der Waals surface area contributed by atoms with Crippen LogP contribution in [-0.4, -0.2) is 41.3 Å². The summed E-state index contributed by atoms with van der Waals surface area (Å²) in [6.45, 7) is 6.04. The fourth-order valence-corrected chi connectivity index (χ4v) is 6.44. The summed E-state index contributed by atoms with van der Waals surface area (Å²) in [6, 6.07) is 9.47. The maximum atomic E-state index is 15.7. The summed E-state index contributed by atoms with van der Waals surface area (Å²) in [5, 5.41) is 24.6. The molecule has 1 saturated carbocycles. The summed E-state index contributed by atoms with van der Waals surface area (Å²) < 4.78 is 63.0. The SMILES string of the molecule is CC(C)(C)C[C@@H]1N[C@@H](C(=O)NC2CCCCC2)[C@H](c2cccc(Cl)c2F)[C@@]1(C#N)c1ccc(Cl)cc1F.O=C(O)C(F)(F)F. The molecule has 0 aromatic heterocycles. The third-order valence-electron chi connectivity index (χ3n) is 7.93. The Morgan fingerprint density at radius 3 is 2.23 bits per heavy atom. The average molecular weight is 663 g/mol. The smallest absolute Gasteiger partial charge is 0.475 e. The number of hydrogen-bond donors (Lipinski definition) is 3. The molecule has 3 N–H and O–H groups in total. The van der Waals surface area contributed by atoms with Crippen molar-refractivity contribution < 1.29 is 36.6 Å². The van der Waals surface area contributed by atoms with Crippen LogP contribution in [0, 0.1) is 28.4 Å². The Kier molecular flexibility index (Phi) is 11.3. The minimum absolute atomic E-state index is 0.0123. The predicted octanol–water partition coefficient (Wildman–Crippen LogP) is 7.68. The van der Waals surface area contributed by atoms with E-state index in [1.54, 1.807) is 6.07 Å². The monoisotopic (exact) mass is 661 g/mol. The summed E-state index contributed by atoms with van der Waals surface area (Å²) in [5.41, 5.74) is -1.70. The summed E-state index contributed by atoms with van der Waals surface area (Å²) in [4.78, 5) is 22.7. The second-order valence-corrected chi connectivity index (χ2v) is 13.2. The number of alkyl halides is 3. The van der Waals surface area contributed by atoms with E-state index >= 15 is 8.78 Å².